The Kier molecular flexibility index (Phi) is 6.64. The van der Waals surface area contributed by atoms with Gasteiger partial charge in [-0.05, 0) is 36.8 Å². The highest BCUT2D eigenvalue weighted by molar-refractivity contribution is 5.93. The maximum Gasteiger partial charge on any atom is 0.257 e. The van der Waals surface area contributed by atoms with Gasteiger partial charge in [0.2, 0.25) is 11.5 Å². The predicted molar refractivity (Wildman–Crippen MR) is 118 cm³/mol. The minimum Gasteiger partial charge on any atom is -0.435 e. The molecule has 1 aliphatic heterocycles. The third-order valence-electron chi connectivity index (χ3n) is 5.72. The number of rotatable bonds is 6. The average molecular weight is 473 g/mol. The Balaban J connectivity index is 1.39. The van der Waals surface area contributed by atoms with Crippen molar-refractivity contribution in [2.75, 3.05) is 18.4 Å². The number of alkyl halides is 2. The fourth-order valence-electron chi connectivity index (χ4n) is 3.74. The number of hydrogen-bond acceptors (Lipinski definition) is 6. The highest BCUT2D eigenvalue weighted by Crippen LogP contribution is 2.40. The number of nitrogens with zero attached hydrogens (tertiary/aromatic N) is 3. The minimum atomic E-state index is -2.96. The second kappa shape index (κ2) is 9.64. The number of nitrogens with one attached hydrogen (secondary N) is 2. The molecule has 2 N–H and O–H groups in total. The molecule has 0 aliphatic carbocycles. The van der Waals surface area contributed by atoms with Crippen molar-refractivity contribution in [3.63, 3.8) is 0 Å². The van der Waals surface area contributed by atoms with Gasteiger partial charge in [-0.15, -0.1) is 0 Å². The molecular weight excluding hydrogens is 451 g/mol. The summed E-state index contributed by atoms with van der Waals surface area (Å²) in [7, 11) is 0. The lowest BCUT2D eigenvalue weighted by Crippen LogP contribution is -2.52. The Hall–Kier alpha value is -3.73. The molecule has 1 saturated heterocycles. The largest absolute Gasteiger partial charge is 0.435 e. The van der Waals surface area contributed by atoms with Crippen molar-refractivity contribution in [2.45, 2.75) is 31.2 Å². The molecule has 1 amide bonds. The number of halogens is 3. The van der Waals surface area contributed by atoms with Crippen molar-refractivity contribution in [2.24, 2.45) is 0 Å². The summed E-state index contributed by atoms with van der Waals surface area (Å²) < 4.78 is 48.2. The van der Waals surface area contributed by atoms with Crippen molar-refractivity contribution in [3.8, 4) is 11.6 Å². The van der Waals surface area contributed by atoms with Gasteiger partial charge in [-0.1, -0.05) is 6.07 Å². The van der Waals surface area contributed by atoms with Crippen LogP contribution < -0.4 is 15.6 Å². The highest BCUT2D eigenvalue weighted by atomic mass is 19.3. The molecule has 0 radical (unpaired) electrons. The third kappa shape index (κ3) is 5.25. The summed E-state index contributed by atoms with van der Waals surface area (Å²) in [5.41, 5.74) is -0.0648. The number of anilines is 1. The number of amides is 1. The van der Waals surface area contributed by atoms with Gasteiger partial charge in [-0.2, -0.15) is 0 Å². The molecule has 3 aromatic rings. The smallest absolute Gasteiger partial charge is 0.257 e. The van der Waals surface area contributed by atoms with E-state index >= 15 is 0 Å². The van der Waals surface area contributed by atoms with E-state index in [-0.39, 0.29) is 36.1 Å². The van der Waals surface area contributed by atoms with Crippen LogP contribution in [0, 0.1) is 5.82 Å². The molecule has 34 heavy (non-hydrogen) atoms. The summed E-state index contributed by atoms with van der Waals surface area (Å²) in [5, 5.41) is 2.65. The number of ether oxygens (including phenoxy) is 1. The molecule has 0 bridgehead atoms. The van der Waals surface area contributed by atoms with Gasteiger partial charge in [-0.3, -0.25) is 14.5 Å². The van der Waals surface area contributed by atoms with Gasteiger partial charge < -0.3 is 15.0 Å². The minimum absolute atomic E-state index is 0.0390. The van der Waals surface area contributed by atoms with Crippen LogP contribution in [0.5, 0.6) is 11.6 Å². The maximum atomic E-state index is 14.6. The van der Waals surface area contributed by atoms with Gasteiger partial charge >= 0.3 is 0 Å². The van der Waals surface area contributed by atoms with E-state index in [0.717, 1.165) is 0 Å². The molecule has 4 heterocycles. The van der Waals surface area contributed by atoms with Crippen LogP contribution in [0.1, 0.15) is 24.8 Å². The monoisotopic (exact) mass is 473 g/mol. The number of carbonyl (C=O) groups is 1. The number of aromatic nitrogens is 3. The zero-order valence-corrected chi connectivity index (χ0v) is 18.2. The first-order valence-electron chi connectivity index (χ1n) is 10.6. The van der Waals surface area contributed by atoms with E-state index in [4.69, 9.17) is 4.74 Å². The Morgan fingerprint density at radius 3 is 2.76 bits per heavy atom. The topological polar surface area (TPSA) is 100 Å². The number of hydrogen-bond donors (Lipinski definition) is 2. The predicted octanol–water partition coefficient (Wildman–Crippen LogP) is 3.55. The van der Waals surface area contributed by atoms with Crippen molar-refractivity contribution in [3.05, 3.63) is 76.7 Å². The van der Waals surface area contributed by atoms with Crippen LogP contribution in [0.25, 0.3) is 0 Å². The molecule has 0 saturated carbocycles. The average Bonchev–Trinajstić information content (AvgIpc) is 2.82. The zero-order chi connectivity index (χ0) is 24.3. The first-order valence-corrected chi connectivity index (χ1v) is 10.6. The molecule has 3 aromatic heterocycles. The van der Waals surface area contributed by atoms with Gasteiger partial charge in [0.1, 0.15) is 11.6 Å². The fraction of sp³-hybridized carbons (Fsp3) is 0.304. The molecule has 1 aliphatic rings. The summed E-state index contributed by atoms with van der Waals surface area (Å²) in [6.07, 6.45) is 3.57. The quantitative estimate of drug-likeness (QED) is 0.568. The summed E-state index contributed by atoms with van der Waals surface area (Å²) in [6.45, 7) is 1.62. The Morgan fingerprint density at radius 2 is 2.09 bits per heavy atom. The number of piperidine rings is 1. The lowest BCUT2D eigenvalue weighted by Gasteiger charge is -2.40. The summed E-state index contributed by atoms with van der Waals surface area (Å²) in [4.78, 5) is 36.0. The van der Waals surface area contributed by atoms with E-state index < -0.39 is 36.0 Å². The molecule has 11 heteroatoms. The van der Waals surface area contributed by atoms with Crippen LogP contribution >= 0.6 is 0 Å². The lowest BCUT2D eigenvalue weighted by molar-refractivity contribution is -0.125. The first-order chi connectivity index (χ1) is 16.2. The number of H-pyrrole nitrogens is 1. The molecule has 0 spiro atoms. The van der Waals surface area contributed by atoms with Crippen molar-refractivity contribution in [1.29, 1.82) is 0 Å². The molecule has 2 unspecified atom stereocenters. The normalized spacial score (nSPS) is 18.8. The lowest BCUT2D eigenvalue weighted by atomic mass is 9.87. The second-order valence-electron chi connectivity index (χ2n) is 7.98. The molecule has 1 fully saturated rings. The fourth-order valence-corrected chi connectivity index (χ4v) is 3.74. The van der Waals surface area contributed by atoms with Crippen molar-refractivity contribution in [1.82, 2.24) is 19.9 Å². The number of pyridine rings is 3. The van der Waals surface area contributed by atoms with Crippen LogP contribution in [0.15, 0.2) is 59.8 Å². The van der Waals surface area contributed by atoms with Gasteiger partial charge in [0, 0.05) is 38.0 Å². The SMILES string of the molecule is CC(C(=O)Nc1ccc(Oc2ncccc2F)cn1)N1CCC(F)(F)C(c2ccc(=O)[nH]c2)C1. The highest BCUT2D eigenvalue weighted by Gasteiger charge is 2.46. The Morgan fingerprint density at radius 1 is 1.26 bits per heavy atom. The van der Waals surface area contributed by atoms with Crippen LogP contribution in [0.3, 0.4) is 0 Å². The van der Waals surface area contributed by atoms with Gasteiger partial charge in [0.25, 0.3) is 11.8 Å². The van der Waals surface area contributed by atoms with Crippen LogP contribution in [0.4, 0.5) is 19.0 Å². The Bertz CT molecular complexity index is 1200. The molecule has 0 aromatic carbocycles. The molecular formula is C23H22F3N5O3. The maximum absolute atomic E-state index is 14.6. The van der Waals surface area contributed by atoms with Crippen molar-refractivity contribution >= 4 is 11.7 Å². The van der Waals surface area contributed by atoms with Crippen LogP contribution in [0.2, 0.25) is 0 Å². The molecule has 4 rings (SSSR count). The van der Waals surface area contributed by atoms with E-state index in [9.17, 15) is 22.8 Å². The number of likely N-dealkylation sites (tertiary alicyclic amines) is 1. The van der Waals surface area contributed by atoms with Gasteiger partial charge in [-0.25, -0.2) is 23.1 Å². The Labute approximate surface area is 192 Å². The first kappa shape index (κ1) is 23.4. The van der Waals surface area contributed by atoms with Gasteiger partial charge in [0.15, 0.2) is 5.82 Å². The molecule has 178 valence electrons. The second-order valence-corrected chi connectivity index (χ2v) is 7.98. The van der Waals surface area contributed by atoms with Crippen LogP contribution in [-0.4, -0.2) is 50.8 Å². The van der Waals surface area contributed by atoms with Gasteiger partial charge in [0.05, 0.1) is 18.2 Å². The third-order valence-corrected chi connectivity index (χ3v) is 5.72. The number of aromatic amines is 1. The van der Waals surface area contributed by atoms with E-state index in [1.165, 1.54) is 55.0 Å². The standard InChI is InChI=1S/C23H22F3N5O3/c1-14(31-10-8-23(25,26)17(13-31)15-4-7-20(32)29-11-15)21(33)30-19-6-5-16(12-28-19)34-22-18(24)3-2-9-27-22/h2-7,9,11-12,14,17H,8,10,13H2,1H3,(H,29,32)(H,28,30,33). The summed E-state index contributed by atoms with van der Waals surface area (Å²) >= 11 is 0. The van der Waals surface area contributed by atoms with E-state index in [0.29, 0.717) is 5.56 Å². The van der Waals surface area contributed by atoms with Crippen LogP contribution in [-0.2, 0) is 4.79 Å². The summed E-state index contributed by atoms with van der Waals surface area (Å²) in [6, 6.07) is 7.51. The number of carbonyl (C=O) groups excluding carboxylic acids is 1. The molecule has 2 atom stereocenters. The van der Waals surface area contributed by atoms with E-state index in [2.05, 4.69) is 20.3 Å². The van der Waals surface area contributed by atoms with Crippen molar-refractivity contribution < 1.29 is 22.7 Å². The van der Waals surface area contributed by atoms with E-state index in [1.54, 1.807) is 11.8 Å². The molecule has 8 nitrogen and oxygen atoms in total. The summed E-state index contributed by atoms with van der Waals surface area (Å²) in [5.74, 6) is -4.90. The van der Waals surface area contributed by atoms with E-state index in [1.807, 2.05) is 0 Å². The zero-order valence-electron chi connectivity index (χ0n) is 18.2.